The van der Waals surface area contributed by atoms with Gasteiger partial charge in [0.25, 0.3) is 5.91 Å². The van der Waals surface area contributed by atoms with Gasteiger partial charge in [-0.05, 0) is 38.2 Å². The van der Waals surface area contributed by atoms with Crippen molar-refractivity contribution in [2.75, 3.05) is 32.8 Å². The van der Waals surface area contributed by atoms with Gasteiger partial charge in [0.05, 0.1) is 24.9 Å². The summed E-state index contributed by atoms with van der Waals surface area (Å²) in [6.45, 7) is 3.18. The van der Waals surface area contributed by atoms with E-state index in [0.29, 0.717) is 32.0 Å². The largest absolute Gasteiger partial charge is 0.378 e. The number of amides is 2. The van der Waals surface area contributed by atoms with Crippen LogP contribution in [0.25, 0.3) is 0 Å². The summed E-state index contributed by atoms with van der Waals surface area (Å²) in [4.78, 5) is 29.1. The Kier molecular flexibility index (Phi) is 4.74. The van der Waals surface area contributed by atoms with E-state index < -0.39 is 0 Å². The highest BCUT2D eigenvalue weighted by Crippen LogP contribution is 2.35. The van der Waals surface area contributed by atoms with Crippen molar-refractivity contribution >= 4 is 11.8 Å². The van der Waals surface area contributed by atoms with Crippen molar-refractivity contribution in [1.82, 2.24) is 20.0 Å². The molecule has 2 aliphatic heterocycles. The lowest BCUT2D eigenvalue weighted by Gasteiger charge is -2.39. The van der Waals surface area contributed by atoms with E-state index in [4.69, 9.17) is 4.74 Å². The molecule has 3 aliphatic rings. The second-order valence-corrected chi connectivity index (χ2v) is 7.28. The fraction of sp³-hybridized carbons (Fsp3) is 0.722. The summed E-state index contributed by atoms with van der Waals surface area (Å²) in [5, 5.41) is 7.28. The number of H-pyrrole nitrogens is 1. The number of nitrogens with one attached hydrogen (secondary N) is 1. The molecule has 0 spiro atoms. The molecule has 3 fully saturated rings. The third-order valence-corrected chi connectivity index (χ3v) is 5.71. The maximum atomic E-state index is 12.8. The second kappa shape index (κ2) is 7.15. The van der Waals surface area contributed by atoms with Crippen molar-refractivity contribution in [1.29, 1.82) is 0 Å². The first-order valence-electron chi connectivity index (χ1n) is 9.47. The van der Waals surface area contributed by atoms with E-state index in [1.807, 2.05) is 11.0 Å². The summed E-state index contributed by atoms with van der Waals surface area (Å²) >= 11 is 0. The molecule has 1 N–H and O–H groups in total. The number of carbonyl (C=O) groups is 2. The van der Waals surface area contributed by atoms with Gasteiger partial charge in [-0.3, -0.25) is 14.7 Å². The van der Waals surface area contributed by atoms with E-state index in [2.05, 4.69) is 10.2 Å². The van der Waals surface area contributed by atoms with Crippen molar-refractivity contribution in [3.63, 3.8) is 0 Å². The molecule has 1 atom stereocenters. The molecule has 1 aliphatic carbocycles. The molecule has 4 rings (SSSR count). The number of rotatable bonds is 3. The fourth-order valence-electron chi connectivity index (χ4n) is 3.95. The third kappa shape index (κ3) is 3.29. The van der Waals surface area contributed by atoms with Crippen LogP contribution < -0.4 is 0 Å². The molecule has 7 nitrogen and oxygen atoms in total. The smallest absolute Gasteiger partial charge is 0.274 e. The number of aromatic amines is 1. The molecule has 0 bridgehead atoms. The Morgan fingerprint density at radius 1 is 1.08 bits per heavy atom. The molecular weight excluding hydrogens is 320 g/mol. The molecule has 7 heteroatoms. The lowest BCUT2D eigenvalue weighted by Crippen LogP contribution is -2.43. The number of carbonyl (C=O) groups excluding carboxylic acids is 2. The van der Waals surface area contributed by atoms with E-state index in [0.717, 1.165) is 50.8 Å². The van der Waals surface area contributed by atoms with Crippen LogP contribution in [0, 0.1) is 5.92 Å². The number of piperidine rings is 1. The molecule has 0 aromatic carbocycles. The topological polar surface area (TPSA) is 78.5 Å². The minimum absolute atomic E-state index is 0.0283. The number of hydrogen-bond donors (Lipinski definition) is 1. The lowest BCUT2D eigenvalue weighted by atomic mass is 9.83. The minimum Gasteiger partial charge on any atom is -0.378 e. The molecule has 3 heterocycles. The van der Waals surface area contributed by atoms with Gasteiger partial charge in [0.1, 0.15) is 5.69 Å². The monoisotopic (exact) mass is 346 g/mol. The third-order valence-electron chi connectivity index (χ3n) is 5.71. The molecule has 1 aromatic heterocycles. The summed E-state index contributed by atoms with van der Waals surface area (Å²) in [6.07, 6.45) is 6.30. The predicted molar refractivity (Wildman–Crippen MR) is 91.0 cm³/mol. The zero-order chi connectivity index (χ0) is 17.2. The van der Waals surface area contributed by atoms with Gasteiger partial charge >= 0.3 is 0 Å². The van der Waals surface area contributed by atoms with Crippen molar-refractivity contribution < 1.29 is 14.3 Å². The number of morpholine rings is 1. The first-order chi connectivity index (χ1) is 12.2. The van der Waals surface area contributed by atoms with Gasteiger partial charge < -0.3 is 14.5 Å². The number of aromatic nitrogens is 2. The average Bonchev–Trinajstić information content (AvgIpc) is 3.10. The Bertz CT molecular complexity index is 634. The Balaban J connectivity index is 1.49. The number of nitrogens with zero attached hydrogens (tertiary/aromatic N) is 3. The summed E-state index contributed by atoms with van der Waals surface area (Å²) in [5.41, 5.74) is 1.34. The highest BCUT2D eigenvalue weighted by molar-refractivity contribution is 5.92. The number of likely N-dealkylation sites (tertiary alicyclic amines) is 1. The molecule has 1 saturated carbocycles. The molecule has 136 valence electrons. The van der Waals surface area contributed by atoms with Crippen molar-refractivity contribution in [2.24, 2.45) is 5.92 Å². The molecule has 0 unspecified atom stereocenters. The zero-order valence-corrected chi connectivity index (χ0v) is 14.6. The standard InChI is InChI=1S/C18H26N4O3/c23-17(13-4-3-5-13)22-7-2-1-6-16(22)14-12-15(20-19-14)18(24)21-8-10-25-11-9-21/h12-13,16H,1-11H2,(H,19,20)/t16-/m1/s1. The summed E-state index contributed by atoms with van der Waals surface area (Å²) in [7, 11) is 0. The van der Waals surface area contributed by atoms with Crippen LogP contribution >= 0.6 is 0 Å². The van der Waals surface area contributed by atoms with Crippen LogP contribution in [0.3, 0.4) is 0 Å². The fourth-order valence-corrected chi connectivity index (χ4v) is 3.95. The molecule has 2 amide bonds. The van der Waals surface area contributed by atoms with Crippen LogP contribution in [0.4, 0.5) is 0 Å². The van der Waals surface area contributed by atoms with Gasteiger partial charge in [-0.1, -0.05) is 6.42 Å². The Labute approximate surface area is 147 Å². The van der Waals surface area contributed by atoms with E-state index >= 15 is 0 Å². The summed E-state index contributed by atoms with van der Waals surface area (Å²) in [6, 6.07) is 1.87. The van der Waals surface area contributed by atoms with Crippen molar-refractivity contribution in [3.05, 3.63) is 17.5 Å². The Hall–Kier alpha value is -1.89. The zero-order valence-electron chi connectivity index (χ0n) is 14.6. The van der Waals surface area contributed by atoms with Crippen LogP contribution in [-0.2, 0) is 9.53 Å². The second-order valence-electron chi connectivity index (χ2n) is 7.28. The summed E-state index contributed by atoms with van der Waals surface area (Å²) in [5.74, 6) is 0.433. The average molecular weight is 346 g/mol. The van der Waals surface area contributed by atoms with Crippen LogP contribution in [0.2, 0.25) is 0 Å². The Morgan fingerprint density at radius 2 is 1.88 bits per heavy atom. The maximum absolute atomic E-state index is 12.8. The molecular formula is C18H26N4O3. The maximum Gasteiger partial charge on any atom is 0.274 e. The number of ether oxygens (including phenoxy) is 1. The van der Waals surface area contributed by atoms with E-state index in [-0.39, 0.29) is 23.8 Å². The van der Waals surface area contributed by atoms with Gasteiger partial charge in [-0.15, -0.1) is 0 Å². The van der Waals surface area contributed by atoms with Crippen molar-refractivity contribution in [3.8, 4) is 0 Å². The van der Waals surface area contributed by atoms with Crippen LogP contribution in [0.1, 0.15) is 60.7 Å². The normalized spacial score (nSPS) is 24.9. The lowest BCUT2D eigenvalue weighted by molar-refractivity contribution is -0.142. The summed E-state index contributed by atoms with van der Waals surface area (Å²) < 4.78 is 5.30. The predicted octanol–water partition coefficient (Wildman–Crippen LogP) is 1.74. The molecule has 25 heavy (non-hydrogen) atoms. The highest BCUT2D eigenvalue weighted by atomic mass is 16.5. The SMILES string of the molecule is O=C(c1cc([C@H]2CCCCN2C(=O)C2CCC2)[nH]n1)N1CCOCC1. The van der Waals surface area contributed by atoms with Gasteiger partial charge in [-0.2, -0.15) is 5.10 Å². The Morgan fingerprint density at radius 3 is 2.60 bits per heavy atom. The number of hydrogen-bond acceptors (Lipinski definition) is 4. The van der Waals surface area contributed by atoms with Gasteiger partial charge in [0.15, 0.2) is 0 Å². The van der Waals surface area contributed by atoms with Gasteiger partial charge in [0, 0.05) is 25.6 Å². The molecule has 0 radical (unpaired) electrons. The van der Waals surface area contributed by atoms with Crippen molar-refractivity contribution in [2.45, 2.75) is 44.6 Å². The van der Waals surface area contributed by atoms with E-state index in [1.165, 1.54) is 0 Å². The quantitative estimate of drug-likeness (QED) is 0.904. The highest BCUT2D eigenvalue weighted by Gasteiger charge is 2.36. The van der Waals surface area contributed by atoms with E-state index in [9.17, 15) is 9.59 Å². The molecule has 1 aromatic rings. The first kappa shape index (κ1) is 16.6. The van der Waals surface area contributed by atoms with Crippen LogP contribution in [-0.4, -0.2) is 64.7 Å². The van der Waals surface area contributed by atoms with Gasteiger partial charge in [-0.25, -0.2) is 0 Å². The van der Waals surface area contributed by atoms with E-state index in [1.54, 1.807) is 4.90 Å². The van der Waals surface area contributed by atoms with Gasteiger partial charge in [0.2, 0.25) is 5.91 Å². The van der Waals surface area contributed by atoms with Crippen LogP contribution in [0.15, 0.2) is 6.07 Å². The first-order valence-corrected chi connectivity index (χ1v) is 9.47. The molecule has 2 saturated heterocycles. The minimum atomic E-state index is -0.0570. The van der Waals surface area contributed by atoms with Crippen LogP contribution in [0.5, 0.6) is 0 Å².